The number of amides is 1. The van der Waals surface area contributed by atoms with Crippen LogP contribution in [0.3, 0.4) is 0 Å². The van der Waals surface area contributed by atoms with Gasteiger partial charge in [-0.2, -0.15) is 4.31 Å². The Morgan fingerprint density at radius 3 is 2.26 bits per heavy atom. The van der Waals surface area contributed by atoms with Crippen LogP contribution in [0.4, 0.5) is 0 Å². The van der Waals surface area contributed by atoms with Gasteiger partial charge >= 0.3 is 0 Å². The van der Waals surface area contributed by atoms with Crippen LogP contribution in [0.5, 0.6) is 0 Å². The monoisotopic (exact) mass is 505 g/mol. The number of piperazine rings is 1. The maximum Gasteiger partial charge on any atom is 0.253 e. The summed E-state index contributed by atoms with van der Waals surface area (Å²) in [6.45, 7) is 2.73. The van der Waals surface area contributed by atoms with Gasteiger partial charge in [0.05, 0.1) is 4.90 Å². The molecule has 1 atom stereocenters. The highest BCUT2D eigenvalue weighted by Gasteiger charge is 2.35. The number of nitrogens with zero attached hydrogens (tertiary/aromatic N) is 3. The van der Waals surface area contributed by atoms with E-state index in [1.54, 1.807) is 41.6 Å². The molecule has 1 aliphatic heterocycles. The first-order chi connectivity index (χ1) is 16.8. The van der Waals surface area contributed by atoms with Gasteiger partial charge in [-0.1, -0.05) is 35.9 Å². The predicted octanol–water partition coefficient (Wildman–Crippen LogP) is 5.09. The summed E-state index contributed by atoms with van der Waals surface area (Å²) in [7, 11) is -3.71. The lowest BCUT2D eigenvalue weighted by atomic mass is 10.0. The van der Waals surface area contributed by atoms with Gasteiger partial charge in [0.15, 0.2) is 0 Å². The number of carbonyl (C=O) groups excluding carboxylic acids is 1. The number of halogens is 1. The Hall–Kier alpha value is -3.26. The Kier molecular flexibility index (Phi) is 6.32. The van der Waals surface area contributed by atoms with Gasteiger partial charge in [-0.15, -0.1) is 0 Å². The lowest BCUT2D eigenvalue weighted by Gasteiger charge is -2.39. The molecule has 0 N–H and O–H groups in total. The van der Waals surface area contributed by atoms with Crippen LogP contribution in [0.1, 0.15) is 17.3 Å². The molecule has 8 heteroatoms. The molecule has 1 fully saturated rings. The standard InChI is InChI=1S/C27H24ClN3O3S/c1-19-18-30(27(32)22-4-2-20(3-5-22)21-10-12-29-13-11-21)14-15-31(19)35(33,34)26-9-7-23-16-25(28)8-6-24(23)17-26/h2-13,16-17,19H,14-15,18H2,1H3. The zero-order valence-electron chi connectivity index (χ0n) is 19.1. The molecule has 178 valence electrons. The number of aromatic nitrogens is 1. The minimum atomic E-state index is -3.71. The summed E-state index contributed by atoms with van der Waals surface area (Å²) >= 11 is 6.05. The maximum atomic E-state index is 13.4. The zero-order chi connectivity index (χ0) is 24.6. The van der Waals surface area contributed by atoms with Crippen molar-refractivity contribution in [3.05, 3.63) is 95.8 Å². The first-order valence-corrected chi connectivity index (χ1v) is 13.2. The van der Waals surface area contributed by atoms with Crippen molar-refractivity contribution in [1.29, 1.82) is 0 Å². The van der Waals surface area contributed by atoms with Gasteiger partial charge < -0.3 is 4.90 Å². The van der Waals surface area contributed by atoms with Gasteiger partial charge in [-0.25, -0.2) is 8.42 Å². The van der Waals surface area contributed by atoms with Crippen LogP contribution in [-0.4, -0.2) is 54.2 Å². The molecule has 1 unspecified atom stereocenters. The minimum Gasteiger partial charge on any atom is -0.336 e. The summed E-state index contributed by atoms with van der Waals surface area (Å²) in [6.07, 6.45) is 3.47. The van der Waals surface area contributed by atoms with Gasteiger partial charge in [-0.05, 0) is 77.4 Å². The smallest absolute Gasteiger partial charge is 0.253 e. The number of hydrogen-bond acceptors (Lipinski definition) is 4. The van der Waals surface area contributed by atoms with Crippen molar-refractivity contribution in [2.45, 2.75) is 17.9 Å². The second-order valence-corrected chi connectivity index (χ2v) is 11.0. The highest BCUT2D eigenvalue weighted by molar-refractivity contribution is 7.89. The molecule has 0 radical (unpaired) electrons. The van der Waals surface area contributed by atoms with Crippen LogP contribution in [0.15, 0.2) is 90.1 Å². The van der Waals surface area contributed by atoms with Gasteiger partial charge in [0.1, 0.15) is 0 Å². The molecule has 1 amide bonds. The number of fused-ring (bicyclic) bond motifs is 1. The predicted molar refractivity (Wildman–Crippen MR) is 138 cm³/mol. The van der Waals surface area contributed by atoms with Gasteiger partial charge in [0, 0.05) is 48.7 Å². The SMILES string of the molecule is CC1CN(C(=O)c2ccc(-c3ccncc3)cc2)CCN1S(=O)(=O)c1ccc2cc(Cl)ccc2c1. The minimum absolute atomic E-state index is 0.0993. The summed E-state index contributed by atoms with van der Waals surface area (Å²) in [5, 5.41) is 2.30. The van der Waals surface area contributed by atoms with Crippen molar-refractivity contribution < 1.29 is 13.2 Å². The molecule has 0 aliphatic carbocycles. The van der Waals surface area contributed by atoms with Gasteiger partial charge in [0.2, 0.25) is 10.0 Å². The molecule has 6 nitrogen and oxygen atoms in total. The summed E-state index contributed by atoms with van der Waals surface area (Å²) < 4.78 is 28.3. The third-order valence-electron chi connectivity index (χ3n) is 6.38. The van der Waals surface area contributed by atoms with Crippen LogP contribution in [-0.2, 0) is 10.0 Å². The highest BCUT2D eigenvalue weighted by atomic mass is 35.5. The average Bonchev–Trinajstić information content (AvgIpc) is 2.88. The summed E-state index contributed by atoms with van der Waals surface area (Å²) in [5.74, 6) is -0.0993. The Morgan fingerprint density at radius 2 is 1.54 bits per heavy atom. The highest BCUT2D eigenvalue weighted by Crippen LogP contribution is 2.27. The molecule has 2 heterocycles. The molecule has 1 saturated heterocycles. The Morgan fingerprint density at radius 1 is 0.886 bits per heavy atom. The van der Waals surface area contributed by atoms with Crippen molar-refractivity contribution in [2.75, 3.05) is 19.6 Å². The summed E-state index contributed by atoms with van der Waals surface area (Å²) in [4.78, 5) is 19.1. The number of pyridine rings is 1. The molecule has 35 heavy (non-hydrogen) atoms. The number of sulfonamides is 1. The second-order valence-electron chi connectivity index (χ2n) is 8.68. The van der Waals surface area contributed by atoms with Crippen LogP contribution in [0.2, 0.25) is 5.02 Å². The fourth-order valence-electron chi connectivity index (χ4n) is 4.51. The van der Waals surface area contributed by atoms with Crippen LogP contribution >= 0.6 is 11.6 Å². The van der Waals surface area contributed by atoms with Crippen molar-refractivity contribution in [3.8, 4) is 11.1 Å². The second kappa shape index (κ2) is 9.41. The average molecular weight is 506 g/mol. The zero-order valence-corrected chi connectivity index (χ0v) is 20.7. The Bertz CT molecular complexity index is 1490. The van der Waals surface area contributed by atoms with E-state index in [4.69, 9.17) is 11.6 Å². The maximum absolute atomic E-state index is 13.4. The molecule has 1 aliphatic rings. The first kappa shape index (κ1) is 23.5. The number of rotatable bonds is 4. The lowest BCUT2D eigenvalue weighted by Crippen LogP contribution is -2.55. The Balaban J connectivity index is 1.30. The summed E-state index contributed by atoms with van der Waals surface area (Å²) in [5.41, 5.74) is 2.62. The van der Waals surface area contributed by atoms with E-state index in [9.17, 15) is 13.2 Å². The number of hydrogen-bond donors (Lipinski definition) is 0. The third kappa shape index (κ3) is 4.67. The quantitative estimate of drug-likeness (QED) is 0.387. The van der Waals surface area contributed by atoms with E-state index in [2.05, 4.69) is 4.98 Å². The molecular formula is C27H24ClN3O3S. The Labute approximate surface area is 209 Å². The van der Waals surface area contributed by atoms with Crippen LogP contribution in [0, 0.1) is 0 Å². The van der Waals surface area contributed by atoms with E-state index < -0.39 is 10.0 Å². The normalized spacial score (nSPS) is 17.0. The number of carbonyl (C=O) groups is 1. The molecule has 0 spiro atoms. The fourth-order valence-corrected chi connectivity index (χ4v) is 6.33. The molecule has 1 aromatic heterocycles. The summed E-state index contributed by atoms with van der Waals surface area (Å²) in [6, 6.07) is 21.4. The van der Waals surface area contributed by atoms with Crippen molar-refractivity contribution in [2.24, 2.45) is 0 Å². The fraction of sp³-hybridized carbons (Fsp3) is 0.185. The van der Waals surface area contributed by atoms with E-state index in [0.29, 0.717) is 23.7 Å². The molecule has 4 aromatic rings. The molecule has 0 saturated carbocycles. The molecule has 3 aromatic carbocycles. The number of benzene rings is 3. The van der Waals surface area contributed by atoms with E-state index in [1.807, 2.05) is 55.5 Å². The third-order valence-corrected chi connectivity index (χ3v) is 8.62. The molecule has 5 rings (SSSR count). The van der Waals surface area contributed by atoms with E-state index in [1.165, 1.54) is 4.31 Å². The van der Waals surface area contributed by atoms with E-state index >= 15 is 0 Å². The van der Waals surface area contributed by atoms with Gasteiger partial charge in [0.25, 0.3) is 5.91 Å². The van der Waals surface area contributed by atoms with Crippen LogP contribution < -0.4 is 0 Å². The molecule has 0 bridgehead atoms. The van der Waals surface area contributed by atoms with E-state index in [-0.39, 0.29) is 23.4 Å². The van der Waals surface area contributed by atoms with E-state index in [0.717, 1.165) is 21.9 Å². The van der Waals surface area contributed by atoms with Crippen LogP contribution in [0.25, 0.3) is 21.9 Å². The van der Waals surface area contributed by atoms with Crippen molar-refractivity contribution >= 4 is 38.3 Å². The molecular weight excluding hydrogens is 482 g/mol. The van der Waals surface area contributed by atoms with Gasteiger partial charge in [-0.3, -0.25) is 9.78 Å². The van der Waals surface area contributed by atoms with Crippen molar-refractivity contribution in [1.82, 2.24) is 14.2 Å². The first-order valence-electron chi connectivity index (χ1n) is 11.3. The van der Waals surface area contributed by atoms with Crippen molar-refractivity contribution in [3.63, 3.8) is 0 Å². The largest absolute Gasteiger partial charge is 0.336 e. The lowest BCUT2D eigenvalue weighted by molar-refractivity contribution is 0.0642. The topological polar surface area (TPSA) is 70.6 Å².